The van der Waals surface area contributed by atoms with Crippen LogP contribution < -0.4 is 15.4 Å². The van der Waals surface area contributed by atoms with Crippen LogP contribution in [0, 0.1) is 0 Å². The predicted octanol–water partition coefficient (Wildman–Crippen LogP) is 3.80. The summed E-state index contributed by atoms with van der Waals surface area (Å²) >= 11 is 1.67. The Labute approximate surface area is 171 Å². The minimum absolute atomic E-state index is 0. The molecule has 0 aliphatic heterocycles. The fourth-order valence-corrected chi connectivity index (χ4v) is 2.93. The molecule has 0 unspecified atom stereocenters. The number of guanidine groups is 1. The second-order valence-electron chi connectivity index (χ2n) is 6.39. The molecule has 0 spiro atoms. The largest absolute Gasteiger partial charge is 0.492 e. The molecule has 5 nitrogen and oxygen atoms in total. The number of aromatic nitrogens is 1. The number of nitrogens with zero attached hydrogens (tertiary/aromatic N) is 2. The Hall–Kier alpha value is -1.35. The maximum Gasteiger partial charge on any atom is 0.191 e. The molecule has 25 heavy (non-hydrogen) atoms. The van der Waals surface area contributed by atoms with Gasteiger partial charge in [-0.25, -0.2) is 4.98 Å². The lowest BCUT2D eigenvalue weighted by atomic mass is 9.93. The van der Waals surface area contributed by atoms with Gasteiger partial charge in [-0.3, -0.25) is 4.99 Å². The molecule has 0 saturated heterocycles. The van der Waals surface area contributed by atoms with Crippen LogP contribution in [0.15, 0.2) is 40.7 Å². The van der Waals surface area contributed by atoms with Crippen molar-refractivity contribution in [1.29, 1.82) is 0 Å². The Morgan fingerprint density at radius 3 is 2.52 bits per heavy atom. The molecule has 0 bridgehead atoms. The molecule has 138 valence electrons. The zero-order chi connectivity index (χ0) is 17.4. The van der Waals surface area contributed by atoms with Gasteiger partial charge in [-0.15, -0.1) is 35.3 Å². The molecule has 0 aliphatic carbocycles. The van der Waals surface area contributed by atoms with E-state index >= 15 is 0 Å². The SMILES string of the molecule is CN=C(NCCOc1ccccc1)NCc1nc(C(C)(C)C)cs1.I. The van der Waals surface area contributed by atoms with E-state index < -0.39 is 0 Å². The minimum atomic E-state index is 0. The molecule has 1 heterocycles. The summed E-state index contributed by atoms with van der Waals surface area (Å²) < 4.78 is 5.65. The van der Waals surface area contributed by atoms with E-state index in [2.05, 4.69) is 46.8 Å². The third-order valence-corrected chi connectivity index (χ3v) is 4.21. The van der Waals surface area contributed by atoms with Gasteiger partial charge in [-0.05, 0) is 12.1 Å². The Bertz CT molecular complexity index is 653. The number of para-hydroxylation sites is 1. The molecule has 0 amide bonds. The fourth-order valence-electron chi connectivity index (χ4n) is 1.97. The summed E-state index contributed by atoms with van der Waals surface area (Å²) in [5.74, 6) is 1.62. The number of rotatable bonds is 6. The molecule has 7 heteroatoms. The number of ether oxygens (including phenoxy) is 1. The monoisotopic (exact) mass is 474 g/mol. The summed E-state index contributed by atoms with van der Waals surface area (Å²) in [6, 6.07) is 9.79. The number of benzene rings is 1. The molecule has 2 rings (SSSR count). The van der Waals surface area contributed by atoms with Gasteiger partial charge in [0.15, 0.2) is 5.96 Å². The second-order valence-corrected chi connectivity index (χ2v) is 7.33. The van der Waals surface area contributed by atoms with E-state index in [1.165, 1.54) is 0 Å². The minimum Gasteiger partial charge on any atom is -0.492 e. The van der Waals surface area contributed by atoms with Crippen molar-refractivity contribution in [1.82, 2.24) is 15.6 Å². The van der Waals surface area contributed by atoms with Gasteiger partial charge in [-0.1, -0.05) is 39.0 Å². The van der Waals surface area contributed by atoms with Gasteiger partial charge in [-0.2, -0.15) is 0 Å². The lowest BCUT2D eigenvalue weighted by molar-refractivity contribution is 0.322. The molecule has 1 aromatic carbocycles. The van der Waals surface area contributed by atoms with Crippen LogP contribution in [0.2, 0.25) is 0 Å². The number of thiazole rings is 1. The number of nitrogens with one attached hydrogen (secondary N) is 2. The molecule has 2 N–H and O–H groups in total. The van der Waals surface area contributed by atoms with Crippen molar-refractivity contribution in [2.75, 3.05) is 20.2 Å². The molecule has 0 atom stereocenters. The highest BCUT2D eigenvalue weighted by molar-refractivity contribution is 14.0. The van der Waals surface area contributed by atoms with Gasteiger partial charge < -0.3 is 15.4 Å². The normalized spacial score (nSPS) is 11.6. The zero-order valence-electron chi connectivity index (χ0n) is 15.2. The average Bonchev–Trinajstić information content (AvgIpc) is 3.04. The van der Waals surface area contributed by atoms with Crippen LogP contribution in [0.4, 0.5) is 0 Å². The van der Waals surface area contributed by atoms with Crippen LogP contribution in [0.1, 0.15) is 31.5 Å². The molecule has 1 aromatic heterocycles. The maximum atomic E-state index is 5.65. The van der Waals surface area contributed by atoms with Crippen molar-refractivity contribution < 1.29 is 4.74 Å². The van der Waals surface area contributed by atoms with E-state index in [1.54, 1.807) is 18.4 Å². The lowest BCUT2D eigenvalue weighted by Crippen LogP contribution is -2.38. The summed E-state index contributed by atoms with van der Waals surface area (Å²) in [7, 11) is 1.76. The van der Waals surface area contributed by atoms with Crippen LogP contribution in [0.3, 0.4) is 0 Å². The van der Waals surface area contributed by atoms with Crippen molar-refractivity contribution in [2.45, 2.75) is 32.7 Å². The number of aliphatic imine (C=N–C) groups is 1. The van der Waals surface area contributed by atoms with Crippen molar-refractivity contribution >= 4 is 41.3 Å². The summed E-state index contributed by atoms with van der Waals surface area (Å²) in [5, 5.41) is 9.70. The highest BCUT2D eigenvalue weighted by Gasteiger charge is 2.17. The molecule has 0 aliphatic rings. The van der Waals surface area contributed by atoms with E-state index in [-0.39, 0.29) is 29.4 Å². The van der Waals surface area contributed by atoms with Crippen LogP contribution in [0.25, 0.3) is 0 Å². The quantitative estimate of drug-likeness (QED) is 0.290. The van der Waals surface area contributed by atoms with Gasteiger partial charge in [0.25, 0.3) is 0 Å². The molecular formula is C18H27IN4OS. The highest BCUT2D eigenvalue weighted by atomic mass is 127. The lowest BCUT2D eigenvalue weighted by Gasteiger charge is -2.14. The summed E-state index contributed by atoms with van der Waals surface area (Å²) in [6.45, 7) is 8.45. The first-order chi connectivity index (χ1) is 11.5. The molecular weight excluding hydrogens is 447 g/mol. The van der Waals surface area contributed by atoms with Crippen molar-refractivity contribution in [3.05, 3.63) is 46.4 Å². The summed E-state index contributed by atoms with van der Waals surface area (Å²) in [4.78, 5) is 8.89. The van der Waals surface area contributed by atoms with Crippen LogP contribution >= 0.6 is 35.3 Å². The Morgan fingerprint density at radius 1 is 1.20 bits per heavy atom. The van der Waals surface area contributed by atoms with Gasteiger partial charge >= 0.3 is 0 Å². The number of hydrogen-bond donors (Lipinski definition) is 2. The van der Waals surface area contributed by atoms with E-state index in [0.29, 0.717) is 19.7 Å². The van der Waals surface area contributed by atoms with Crippen LogP contribution in [-0.2, 0) is 12.0 Å². The van der Waals surface area contributed by atoms with Gasteiger partial charge in [0, 0.05) is 17.8 Å². The van der Waals surface area contributed by atoms with Crippen molar-refractivity contribution in [3.63, 3.8) is 0 Å². The first kappa shape index (κ1) is 21.7. The van der Waals surface area contributed by atoms with E-state index in [0.717, 1.165) is 22.4 Å². The topological polar surface area (TPSA) is 58.5 Å². The van der Waals surface area contributed by atoms with E-state index in [1.807, 2.05) is 30.3 Å². The maximum absolute atomic E-state index is 5.65. The van der Waals surface area contributed by atoms with Crippen LogP contribution in [0.5, 0.6) is 5.75 Å². The fraction of sp³-hybridized carbons (Fsp3) is 0.444. The first-order valence-corrected chi connectivity index (χ1v) is 8.94. The number of hydrogen-bond acceptors (Lipinski definition) is 4. The van der Waals surface area contributed by atoms with Crippen molar-refractivity contribution in [2.24, 2.45) is 4.99 Å². The standard InChI is InChI=1S/C18H26N4OS.HI/c1-18(2,3)15-13-24-16(22-15)12-21-17(19-4)20-10-11-23-14-8-6-5-7-9-14;/h5-9,13H,10-12H2,1-4H3,(H2,19,20,21);1H. The van der Waals surface area contributed by atoms with E-state index in [9.17, 15) is 0 Å². The smallest absolute Gasteiger partial charge is 0.191 e. The second kappa shape index (κ2) is 10.6. The third kappa shape index (κ3) is 7.60. The summed E-state index contributed by atoms with van der Waals surface area (Å²) in [5.41, 5.74) is 1.22. The zero-order valence-corrected chi connectivity index (χ0v) is 18.4. The van der Waals surface area contributed by atoms with E-state index in [4.69, 9.17) is 4.74 Å². The predicted molar refractivity (Wildman–Crippen MR) is 116 cm³/mol. The highest BCUT2D eigenvalue weighted by Crippen LogP contribution is 2.23. The molecule has 0 radical (unpaired) electrons. The average molecular weight is 474 g/mol. The van der Waals surface area contributed by atoms with Gasteiger partial charge in [0.05, 0.1) is 18.8 Å². The van der Waals surface area contributed by atoms with Crippen LogP contribution in [-0.4, -0.2) is 31.1 Å². The first-order valence-electron chi connectivity index (χ1n) is 8.06. The Kier molecular flexibility index (Phi) is 9.20. The van der Waals surface area contributed by atoms with Gasteiger partial charge in [0.2, 0.25) is 0 Å². The third-order valence-electron chi connectivity index (χ3n) is 3.36. The Balaban J connectivity index is 0.00000312. The van der Waals surface area contributed by atoms with Crippen molar-refractivity contribution in [3.8, 4) is 5.75 Å². The summed E-state index contributed by atoms with van der Waals surface area (Å²) in [6.07, 6.45) is 0. The molecule has 2 aromatic rings. The Morgan fingerprint density at radius 2 is 1.92 bits per heavy atom. The molecule has 0 saturated carbocycles. The van der Waals surface area contributed by atoms with Gasteiger partial charge in [0.1, 0.15) is 17.4 Å². The number of halogens is 1. The molecule has 0 fully saturated rings.